The van der Waals surface area contributed by atoms with E-state index in [0.717, 1.165) is 18.6 Å². The van der Waals surface area contributed by atoms with E-state index in [1.54, 1.807) is 0 Å². The molecule has 0 aliphatic rings. The molecular weight excluding hydrogens is 254 g/mol. The van der Waals surface area contributed by atoms with Crippen molar-refractivity contribution >= 4 is 5.71 Å². The summed E-state index contributed by atoms with van der Waals surface area (Å²) in [5.74, 6) is 0.673. The molecule has 0 aliphatic carbocycles. The molecule has 114 valence electrons. The minimum absolute atomic E-state index is 0.673. The Labute approximate surface area is 130 Å². The summed E-state index contributed by atoms with van der Waals surface area (Å²) in [7, 11) is 1.88. The van der Waals surface area contributed by atoms with Gasteiger partial charge in [-0.3, -0.25) is 4.99 Å². The van der Waals surface area contributed by atoms with Crippen molar-refractivity contribution in [2.75, 3.05) is 7.05 Å². The van der Waals surface area contributed by atoms with Gasteiger partial charge in [0.25, 0.3) is 0 Å². The number of hydrogen-bond donors (Lipinski definition) is 0. The first-order chi connectivity index (χ1) is 10.0. The van der Waals surface area contributed by atoms with E-state index in [1.165, 1.54) is 22.3 Å². The van der Waals surface area contributed by atoms with Gasteiger partial charge in [0.1, 0.15) is 0 Å². The van der Waals surface area contributed by atoms with E-state index in [4.69, 9.17) is 0 Å². The minimum Gasteiger partial charge on any atom is -0.288 e. The van der Waals surface area contributed by atoms with Crippen LogP contribution in [-0.4, -0.2) is 12.8 Å². The second-order valence-electron chi connectivity index (χ2n) is 5.86. The third-order valence-electron chi connectivity index (χ3n) is 3.74. The average molecular weight is 283 g/mol. The molecule has 0 saturated heterocycles. The quantitative estimate of drug-likeness (QED) is 0.466. The predicted molar refractivity (Wildman–Crippen MR) is 95.2 cm³/mol. The molecule has 0 heterocycles. The molecule has 0 amide bonds. The van der Waals surface area contributed by atoms with Crippen LogP contribution in [-0.2, 0) is 0 Å². The molecule has 1 aromatic carbocycles. The Morgan fingerprint density at radius 2 is 1.86 bits per heavy atom. The lowest BCUT2D eigenvalue weighted by Crippen LogP contribution is -2.03. The van der Waals surface area contributed by atoms with Gasteiger partial charge in [-0.1, -0.05) is 51.1 Å². The summed E-state index contributed by atoms with van der Waals surface area (Å²) in [6.07, 6.45) is 6.68. The highest BCUT2D eigenvalue weighted by Crippen LogP contribution is 2.23. The van der Waals surface area contributed by atoms with Gasteiger partial charge in [0.05, 0.1) is 5.71 Å². The van der Waals surface area contributed by atoms with Crippen molar-refractivity contribution in [1.29, 1.82) is 0 Å². The molecule has 21 heavy (non-hydrogen) atoms. The van der Waals surface area contributed by atoms with Gasteiger partial charge in [0, 0.05) is 12.6 Å². The topological polar surface area (TPSA) is 12.4 Å². The van der Waals surface area contributed by atoms with Crippen molar-refractivity contribution in [3.8, 4) is 0 Å². The van der Waals surface area contributed by atoms with E-state index in [9.17, 15) is 0 Å². The third-order valence-corrected chi connectivity index (χ3v) is 3.74. The maximum atomic E-state index is 4.52. The molecule has 0 unspecified atom stereocenters. The van der Waals surface area contributed by atoms with Gasteiger partial charge >= 0.3 is 0 Å². The second kappa shape index (κ2) is 8.61. The highest BCUT2D eigenvalue weighted by atomic mass is 14.7. The number of nitrogens with zero attached hydrogens (tertiary/aromatic N) is 1. The van der Waals surface area contributed by atoms with Gasteiger partial charge in [0.2, 0.25) is 0 Å². The van der Waals surface area contributed by atoms with Crippen molar-refractivity contribution in [2.24, 2.45) is 10.9 Å². The van der Waals surface area contributed by atoms with Gasteiger partial charge in [-0.15, -0.1) is 0 Å². The summed E-state index contributed by atoms with van der Waals surface area (Å²) in [5, 5.41) is 0. The maximum absolute atomic E-state index is 4.52. The molecule has 0 radical (unpaired) electrons. The predicted octanol–water partition coefficient (Wildman–Crippen LogP) is 5.74. The normalized spacial score (nSPS) is 14.0. The van der Waals surface area contributed by atoms with Crippen molar-refractivity contribution in [3.63, 3.8) is 0 Å². The molecule has 0 N–H and O–H groups in total. The van der Waals surface area contributed by atoms with Gasteiger partial charge < -0.3 is 0 Å². The number of rotatable bonds is 6. The van der Waals surface area contributed by atoms with Gasteiger partial charge in [-0.05, 0) is 55.4 Å². The van der Waals surface area contributed by atoms with E-state index in [1.807, 2.05) is 7.05 Å². The zero-order valence-corrected chi connectivity index (χ0v) is 14.4. The van der Waals surface area contributed by atoms with Crippen LogP contribution in [0.25, 0.3) is 0 Å². The van der Waals surface area contributed by atoms with Crippen LogP contribution >= 0.6 is 0 Å². The molecule has 0 saturated carbocycles. The number of benzene rings is 1. The Hall–Kier alpha value is -1.63. The van der Waals surface area contributed by atoms with Crippen LogP contribution in [0.1, 0.15) is 51.7 Å². The summed E-state index contributed by atoms with van der Waals surface area (Å²) in [5.41, 5.74) is 6.42. The SMILES string of the molecule is C\C=C(CC(C)C)/C(=C\C(=N\C)c1ccccc1C)CC. The summed E-state index contributed by atoms with van der Waals surface area (Å²) < 4.78 is 0. The Morgan fingerprint density at radius 3 is 2.33 bits per heavy atom. The van der Waals surface area contributed by atoms with Crippen molar-refractivity contribution in [1.82, 2.24) is 0 Å². The van der Waals surface area contributed by atoms with E-state index >= 15 is 0 Å². The van der Waals surface area contributed by atoms with Crippen LogP contribution in [0.4, 0.5) is 0 Å². The Kier molecular flexibility index (Phi) is 7.14. The molecule has 1 rings (SSSR count). The highest BCUT2D eigenvalue weighted by molar-refractivity contribution is 6.10. The Morgan fingerprint density at radius 1 is 1.19 bits per heavy atom. The number of aliphatic imine (C=N–C) groups is 1. The molecule has 0 atom stereocenters. The third kappa shape index (κ3) is 5.00. The number of aryl methyl sites for hydroxylation is 1. The molecule has 1 nitrogen and oxygen atoms in total. The lowest BCUT2D eigenvalue weighted by Gasteiger charge is -2.14. The molecule has 0 fully saturated rings. The lowest BCUT2D eigenvalue weighted by molar-refractivity contribution is 0.642. The highest BCUT2D eigenvalue weighted by Gasteiger charge is 2.09. The monoisotopic (exact) mass is 283 g/mol. The molecule has 0 bridgehead atoms. The molecule has 1 heteroatoms. The molecule has 1 aromatic rings. The summed E-state index contributed by atoms with van der Waals surface area (Å²) in [6.45, 7) is 11.0. The fraction of sp³-hybridized carbons (Fsp3) is 0.450. The van der Waals surface area contributed by atoms with Gasteiger partial charge in [-0.2, -0.15) is 0 Å². The lowest BCUT2D eigenvalue weighted by atomic mass is 9.92. The summed E-state index contributed by atoms with van der Waals surface area (Å²) >= 11 is 0. The minimum atomic E-state index is 0.673. The first kappa shape index (κ1) is 17.4. The summed E-state index contributed by atoms with van der Waals surface area (Å²) in [4.78, 5) is 4.52. The Balaban J connectivity index is 3.19. The van der Waals surface area contributed by atoms with Crippen LogP contribution in [0.2, 0.25) is 0 Å². The van der Waals surface area contributed by atoms with E-state index in [2.05, 4.69) is 76.0 Å². The van der Waals surface area contributed by atoms with Crippen molar-refractivity contribution < 1.29 is 0 Å². The molecule has 0 aromatic heterocycles. The van der Waals surface area contributed by atoms with Crippen LogP contribution in [0.3, 0.4) is 0 Å². The first-order valence-corrected chi connectivity index (χ1v) is 7.92. The standard InChI is InChI=1S/C20H29N/c1-7-17(13-15(3)4)18(8-2)14-20(21-6)19-12-10-9-11-16(19)5/h7,9-12,14-15H,8,13H2,1-6H3/b17-7-,18-14-,21-20-. The van der Waals surface area contributed by atoms with Crippen molar-refractivity contribution in [2.45, 2.75) is 47.5 Å². The van der Waals surface area contributed by atoms with Crippen LogP contribution in [0, 0.1) is 12.8 Å². The average Bonchev–Trinajstić information content (AvgIpc) is 2.47. The van der Waals surface area contributed by atoms with Crippen LogP contribution < -0.4 is 0 Å². The van der Waals surface area contributed by atoms with E-state index < -0.39 is 0 Å². The van der Waals surface area contributed by atoms with Crippen LogP contribution in [0.5, 0.6) is 0 Å². The number of hydrogen-bond acceptors (Lipinski definition) is 1. The fourth-order valence-electron chi connectivity index (χ4n) is 2.58. The largest absolute Gasteiger partial charge is 0.288 e. The van der Waals surface area contributed by atoms with E-state index in [0.29, 0.717) is 5.92 Å². The van der Waals surface area contributed by atoms with Gasteiger partial charge in [-0.25, -0.2) is 0 Å². The molecular formula is C20H29N. The van der Waals surface area contributed by atoms with Gasteiger partial charge in [0.15, 0.2) is 0 Å². The first-order valence-electron chi connectivity index (χ1n) is 7.92. The fourth-order valence-corrected chi connectivity index (χ4v) is 2.58. The molecule has 0 aliphatic heterocycles. The second-order valence-corrected chi connectivity index (χ2v) is 5.86. The van der Waals surface area contributed by atoms with Crippen molar-refractivity contribution in [3.05, 3.63) is 58.7 Å². The molecule has 0 spiro atoms. The number of allylic oxidation sites excluding steroid dienone is 4. The zero-order chi connectivity index (χ0) is 15.8. The van der Waals surface area contributed by atoms with Crippen LogP contribution in [0.15, 0.2) is 52.6 Å². The van der Waals surface area contributed by atoms with E-state index in [-0.39, 0.29) is 0 Å². The zero-order valence-electron chi connectivity index (χ0n) is 14.4. The summed E-state index contributed by atoms with van der Waals surface area (Å²) in [6, 6.07) is 8.45. The Bertz CT molecular complexity index is 545. The maximum Gasteiger partial charge on any atom is 0.0648 e. The smallest absolute Gasteiger partial charge is 0.0648 e.